The lowest BCUT2D eigenvalue weighted by molar-refractivity contribution is 0.0730. The molecule has 0 bridgehead atoms. The Morgan fingerprint density at radius 1 is 1.22 bits per heavy atom. The van der Waals surface area contributed by atoms with Gasteiger partial charge in [0.25, 0.3) is 0 Å². The molecule has 154 valence electrons. The Bertz CT molecular complexity index is 689. The van der Waals surface area contributed by atoms with E-state index in [2.05, 4.69) is 41.5 Å². The van der Waals surface area contributed by atoms with Gasteiger partial charge in [-0.15, -0.1) is 24.0 Å². The molecular weight excluding hydrogens is 479 g/mol. The van der Waals surface area contributed by atoms with Gasteiger partial charge in [0.05, 0.1) is 19.0 Å². The minimum atomic E-state index is -3.26. The van der Waals surface area contributed by atoms with Crippen molar-refractivity contribution in [3.05, 3.63) is 35.4 Å². The Kier molecular flexibility index (Phi) is 10.6. The molecule has 1 saturated heterocycles. The van der Waals surface area contributed by atoms with Gasteiger partial charge in [0, 0.05) is 40.3 Å². The van der Waals surface area contributed by atoms with E-state index in [1.165, 1.54) is 15.4 Å². The average molecular weight is 510 g/mol. The quantitative estimate of drug-likeness (QED) is 0.342. The topological polar surface area (TPSA) is 74.2 Å². The normalized spacial score (nSPS) is 15.9. The van der Waals surface area contributed by atoms with Crippen molar-refractivity contribution in [3.8, 4) is 0 Å². The number of halogens is 1. The number of nitrogens with one attached hydrogen (secondary N) is 1. The molecule has 1 aliphatic heterocycles. The number of hydrogen-bond acceptors (Lipinski definition) is 4. The Morgan fingerprint density at radius 2 is 1.81 bits per heavy atom. The van der Waals surface area contributed by atoms with E-state index in [1.54, 1.807) is 7.05 Å². The third kappa shape index (κ3) is 7.55. The highest BCUT2D eigenvalue weighted by Gasteiger charge is 2.24. The molecule has 7 nitrogen and oxygen atoms in total. The van der Waals surface area contributed by atoms with Gasteiger partial charge in [0.15, 0.2) is 5.96 Å². The molecule has 1 N–H and O–H groups in total. The van der Waals surface area contributed by atoms with Gasteiger partial charge in [0.2, 0.25) is 10.0 Å². The van der Waals surface area contributed by atoms with Crippen LogP contribution in [0.25, 0.3) is 0 Å². The van der Waals surface area contributed by atoms with Gasteiger partial charge in [-0.2, -0.15) is 4.31 Å². The van der Waals surface area contributed by atoms with Gasteiger partial charge < -0.3 is 15.0 Å². The molecule has 0 amide bonds. The molecule has 0 saturated carbocycles. The fourth-order valence-corrected chi connectivity index (χ4v) is 4.18. The minimum absolute atomic E-state index is 0. The van der Waals surface area contributed by atoms with Gasteiger partial charge >= 0.3 is 0 Å². The number of benzene rings is 1. The second-order valence-corrected chi connectivity index (χ2v) is 8.42. The Balaban J connectivity index is 0.00000364. The van der Waals surface area contributed by atoms with Crippen LogP contribution in [-0.2, 0) is 27.7 Å². The van der Waals surface area contributed by atoms with Crippen LogP contribution in [0, 0.1) is 0 Å². The lowest BCUT2D eigenvalue weighted by Gasteiger charge is -2.27. The van der Waals surface area contributed by atoms with Gasteiger partial charge in [-0.05, 0) is 17.5 Å². The lowest BCUT2D eigenvalue weighted by Crippen LogP contribution is -2.45. The first kappa shape index (κ1) is 24.1. The highest BCUT2D eigenvalue weighted by molar-refractivity contribution is 14.0. The molecule has 2 rings (SSSR count). The minimum Gasteiger partial charge on any atom is -0.379 e. The van der Waals surface area contributed by atoms with E-state index in [9.17, 15) is 8.42 Å². The van der Waals surface area contributed by atoms with Crippen LogP contribution in [0.3, 0.4) is 0 Å². The summed E-state index contributed by atoms with van der Waals surface area (Å²) in [6.45, 7) is 4.97. The summed E-state index contributed by atoms with van der Waals surface area (Å²) in [5.74, 6) is 0.729. The summed E-state index contributed by atoms with van der Waals surface area (Å²) in [4.78, 5) is 6.24. The molecule has 0 unspecified atom stereocenters. The van der Waals surface area contributed by atoms with Crippen LogP contribution < -0.4 is 5.32 Å². The van der Waals surface area contributed by atoms with E-state index in [0.29, 0.717) is 45.4 Å². The molecule has 9 heteroatoms. The predicted octanol–water partition coefficient (Wildman–Crippen LogP) is 1.54. The molecule has 1 aromatic carbocycles. The van der Waals surface area contributed by atoms with E-state index in [1.807, 2.05) is 11.9 Å². The molecule has 0 spiro atoms. The summed E-state index contributed by atoms with van der Waals surface area (Å²) in [5, 5.41) is 3.15. The van der Waals surface area contributed by atoms with Crippen LogP contribution in [0.2, 0.25) is 0 Å². The highest BCUT2D eigenvalue weighted by Crippen LogP contribution is 2.08. The van der Waals surface area contributed by atoms with Crippen molar-refractivity contribution >= 4 is 40.0 Å². The van der Waals surface area contributed by atoms with E-state index in [4.69, 9.17) is 4.74 Å². The molecular formula is C18H31IN4O3S. The first-order valence-electron chi connectivity index (χ1n) is 9.01. The zero-order valence-electron chi connectivity index (χ0n) is 16.3. The van der Waals surface area contributed by atoms with Crippen LogP contribution in [-0.4, -0.2) is 76.3 Å². The average Bonchev–Trinajstić information content (AvgIpc) is 2.66. The molecule has 0 radical (unpaired) electrons. The standard InChI is InChI=1S/C18H30N4O3S.HI/c1-4-16-5-7-17(8-6-16)15-21(3)18(19-2)20-9-14-26(23,24)22-10-12-25-13-11-22;/h5-8H,4,9-15H2,1-3H3,(H,19,20);1H. The van der Waals surface area contributed by atoms with Crippen LogP contribution in [0.1, 0.15) is 18.1 Å². The summed E-state index contributed by atoms with van der Waals surface area (Å²) in [7, 11) is 0.386. The van der Waals surface area contributed by atoms with E-state index < -0.39 is 10.0 Å². The molecule has 0 atom stereocenters. The summed E-state index contributed by atoms with van der Waals surface area (Å²) in [5.41, 5.74) is 2.50. The van der Waals surface area contributed by atoms with Crippen molar-refractivity contribution in [2.45, 2.75) is 19.9 Å². The SMILES string of the molecule is CCc1ccc(CN(C)C(=NC)NCCS(=O)(=O)N2CCOCC2)cc1.I. The van der Waals surface area contributed by atoms with Crippen molar-refractivity contribution in [1.29, 1.82) is 0 Å². The molecule has 27 heavy (non-hydrogen) atoms. The van der Waals surface area contributed by atoms with Crippen molar-refractivity contribution in [2.75, 3.05) is 52.7 Å². The number of rotatable bonds is 7. The fourth-order valence-electron chi connectivity index (χ4n) is 2.86. The third-order valence-electron chi connectivity index (χ3n) is 4.43. The zero-order valence-corrected chi connectivity index (χ0v) is 19.5. The molecule has 1 aliphatic rings. The van der Waals surface area contributed by atoms with Crippen LogP contribution in [0.15, 0.2) is 29.3 Å². The van der Waals surface area contributed by atoms with Crippen molar-refractivity contribution in [2.24, 2.45) is 4.99 Å². The number of guanidine groups is 1. The van der Waals surface area contributed by atoms with Crippen LogP contribution in [0.4, 0.5) is 0 Å². The van der Waals surface area contributed by atoms with Crippen LogP contribution in [0.5, 0.6) is 0 Å². The number of ether oxygens (including phenoxy) is 1. The lowest BCUT2D eigenvalue weighted by atomic mass is 10.1. The first-order valence-corrected chi connectivity index (χ1v) is 10.6. The highest BCUT2D eigenvalue weighted by atomic mass is 127. The second kappa shape index (κ2) is 11.8. The summed E-state index contributed by atoms with van der Waals surface area (Å²) >= 11 is 0. The Labute approximate surface area is 180 Å². The number of morpholine rings is 1. The van der Waals surface area contributed by atoms with Crippen molar-refractivity contribution in [1.82, 2.24) is 14.5 Å². The number of nitrogens with zero attached hydrogens (tertiary/aromatic N) is 3. The summed E-state index contributed by atoms with van der Waals surface area (Å²) < 4.78 is 31.4. The Hall–Kier alpha value is -0.910. The maximum atomic E-state index is 12.4. The van der Waals surface area contributed by atoms with Gasteiger partial charge in [-0.25, -0.2) is 8.42 Å². The van der Waals surface area contributed by atoms with E-state index in [0.717, 1.165) is 6.42 Å². The molecule has 0 aromatic heterocycles. The summed E-state index contributed by atoms with van der Waals surface area (Å²) in [6.07, 6.45) is 1.02. The van der Waals surface area contributed by atoms with Crippen molar-refractivity contribution in [3.63, 3.8) is 0 Å². The summed E-state index contributed by atoms with van der Waals surface area (Å²) in [6, 6.07) is 8.50. The van der Waals surface area contributed by atoms with E-state index >= 15 is 0 Å². The third-order valence-corrected chi connectivity index (χ3v) is 6.30. The number of hydrogen-bond donors (Lipinski definition) is 1. The second-order valence-electron chi connectivity index (χ2n) is 6.33. The first-order chi connectivity index (χ1) is 12.5. The van der Waals surface area contributed by atoms with Gasteiger partial charge in [-0.3, -0.25) is 4.99 Å². The predicted molar refractivity (Wildman–Crippen MR) is 120 cm³/mol. The monoisotopic (exact) mass is 510 g/mol. The maximum Gasteiger partial charge on any atom is 0.215 e. The van der Waals surface area contributed by atoms with Crippen LogP contribution >= 0.6 is 24.0 Å². The number of aliphatic imine (C=N–C) groups is 1. The smallest absolute Gasteiger partial charge is 0.215 e. The maximum absolute atomic E-state index is 12.4. The molecule has 0 aliphatic carbocycles. The largest absolute Gasteiger partial charge is 0.379 e. The Morgan fingerprint density at radius 3 is 2.37 bits per heavy atom. The fraction of sp³-hybridized carbons (Fsp3) is 0.611. The molecule has 1 heterocycles. The molecule has 1 aromatic rings. The van der Waals surface area contributed by atoms with Gasteiger partial charge in [0.1, 0.15) is 0 Å². The molecule has 1 fully saturated rings. The zero-order chi connectivity index (χ0) is 19.0. The number of aryl methyl sites for hydroxylation is 1. The van der Waals surface area contributed by atoms with Gasteiger partial charge in [-0.1, -0.05) is 31.2 Å². The van der Waals surface area contributed by atoms with E-state index in [-0.39, 0.29) is 29.7 Å². The van der Waals surface area contributed by atoms with Crippen molar-refractivity contribution < 1.29 is 13.2 Å². The number of sulfonamides is 1.